The van der Waals surface area contributed by atoms with E-state index in [9.17, 15) is 8.42 Å². The normalized spacial score (nSPS) is 12.4. The van der Waals surface area contributed by atoms with Crippen LogP contribution >= 0.6 is 0 Å². The molecule has 2 N–H and O–H groups in total. The fourth-order valence-corrected chi connectivity index (χ4v) is 3.21. The molecule has 0 saturated carbocycles. The first-order chi connectivity index (χ1) is 9.23. The summed E-state index contributed by atoms with van der Waals surface area (Å²) in [6.07, 6.45) is 0.637. The first-order valence-electron chi connectivity index (χ1n) is 7.02. The van der Waals surface area contributed by atoms with Crippen LogP contribution in [-0.2, 0) is 16.6 Å². The molecule has 0 heterocycles. The smallest absolute Gasteiger partial charge is 0.232 e. The third-order valence-corrected chi connectivity index (χ3v) is 4.24. The highest BCUT2D eigenvalue weighted by molar-refractivity contribution is 7.92. The zero-order valence-electron chi connectivity index (χ0n) is 12.9. The molecule has 1 aromatic rings. The van der Waals surface area contributed by atoms with Crippen LogP contribution in [0.4, 0.5) is 5.69 Å². The molecule has 0 fully saturated rings. The van der Waals surface area contributed by atoms with Crippen LogP contribution in [-0.4, -0.2) is 20.7 Å². The fourth-order valence-electron chi connectivity index (χ4n) is 1.69. The second kappa shape index (κ2) is 7.09. The Labute approximate surface area is 123 Å². The molecule has 114 valence electrons. The summed E-state index contributed by atoms with van der Waals surface area (Å²) in [5.41, 5.74) is 1.65. The zero-order chi connectivity index (χ0) is 15.2. The van der Waals surface area contributed by atoms with E-state index in [1.807, 2.05) is 45.9 Å². The van der Waals surface area contributed by atoms with Gasteiger partial charge in [0.1, 0.15) is 0 Å². The van der Waals surface area contributed by atoms with Gasteiger partial charge in [0.15, 0.2) is 0 Å². The summed E-state index contributed by atoms with van der Waals surface area (Å²) in [5.74, 6) is 0.145. The van der Waals surface area contributed by atoms with Crippen molar-refractivity contribution in [3.8, 4) is 0 Å². The molecule has 20 heavy (non-hydrogen) atoms. The van der Waals surface area contributed by atoms with Crippen molar-refractivity contribution in [3.63, 3.8) is 0 Å². The van der Waals surface area contributed by atoms with Crippen molar-refractivity contribution in [2.75, 3.05) is 17.0 Å². The Balaban J connectivity index is 2.76. The number of para-hydroxylation sites is 1. The monoisotopic (exact) mass is 298 g/mol. The summed E-state index contributed by atoms with van der Waals surface area (Å²) >= 11 is 0. The summed E-state index contributed by atoms with van der Waals surface area (Å²) in [6, 6.07) is 7.50. The van der Waals surface area contributed by atoms with E-state index < -0.39 is 10.0 Å². The van der Waals surface area contributed by atoms with E-state index in [2.05, 4.69) is 10.0 Å². The molecule has 5 heteroatoms. The number of rotatable bonds is 7. The molecule has 1 rings (SSSR count). The lowest BCUT2D eigenvalue weighted by atomic mass is 9.94. The van der Waals surface area contributed by atoms with Gasteiger partial charge in [-0.15, -0.1) is 0 Å². The van der Waals surface area contributed by atoms with Crippen molar-refractivity contribution >= 4 is 15.7 Å². The Kier molecular flexibility index (Phi) is 6.02. The first-order valence-corrected chi connectivity index (χ1v) is 8.68. The van der Waals surface area contributed by atoms with Crippen LogP contribution in [0.1, 0.15) is 39.7 Å². The maximum atomic E-state index is 12.1. The molecule has 0 aliphatic heterocycles. The topological polar surface area (TPSA) is 58.2 Å². The van der Waals surface area contributed by atoms with Crippen molar-refractivity contribution in [3.05, 3.63) is 29.8 Å². The first kappa shape index (κ1) is 17.0. The molecule has 0 atom stereocenters. The van der Waals surface area contributed by atoms with E-state index in [4.69, 9.17) is 0 Å². The molecule has 4 nitrogen and oxygen atoms in total. The van der Waals surface area contributed by atoms with Gasteiger partial charge in [-0.25, -0.2) is 8.42 Å². The lowest BCUT2D eigenvalue weighted by Crippen LogP contribution is -2.22. The number of hydrogen-bond donors (Lipinski definition) is 2. The minimum Gasteiger partial charge on any atom is -0.313 e. The third kappa shape index (κ3) is 6.39. The molecular weight excluding hydrogens is 272 g/mol. The fraction of sp³-hybridized carbons (Fsp3) is 0.600. The lowest BCUT2D eigenvalue weighted by molar-refractivity contribution is 0.397. The second-order valence-corrected chi connectivity index (χ2v) is 8.01. The summed E-state index contributed by atoms with van der Waals surface area (Å²) in [5, 5.41) is 3.21. The van der Waals surface area contributed by atoms with Gasteiger partial charge in [0.25, 0.3) is 0 Å². The van der Waals surface area contributed by atoms with Gasteiger partial charge in [-0.2, -0.15) is 0 Å². The largest absolute Gasteiger partial charge is 0.313 e. The average molecular weight is 298 g/mol. The number of sulfonamides is 1. The predicted molar refractivity (Wildman–Crippen MR) is 85.3 cm³/mol. The standard InChI is InChI=1S/C15H26N2O2S/c1-5-16-12-13-8-6-7-9-14(13)17-20(18,19)11-10-15(2,3)4/h6-9,16-17H,5,10-12H2,1-4H3. The molecule has 0 radical (unpaired) electrons. The molecule has 0 amide bonds. The van der Waals surface area contributed by atoms with Gasteiger partial charge in [0.2, 0.25) is 10.0 Å². The van der Waals surface area contributed by atoms with Gasteiger partial charge in [0, 0.05) is 6.54 Å². The Morgan fingerprint density at radius 1 is 1.15 bits per heavy atom. The van der Waals surface area contributed by atoms with E-state index in [0.29, 0.717) is 18.7 Å². The molecule has 0 aliphatic rings. The molecule has 0 aromatic heterocycles. The van der Waals surface area contributed by atoms with Crippen LogP contribution in [0.15, 0.2) is 24.3 Å². The Morgan fingerprint density at radius 2 is 1.80 bits per heavy atom. The third-order valence-electron chi connectivity index (χ3n) is 2.97. The number of nitrogens with one attached hydrogen (secondary N) is 2. The molecule has 0 spiro atoms. The van der Waals surface area contributed by atoms with E-state index in [1.165, 1.54) is 0 Å². The molecule has 0 bridgehead atoms. The Bertz CT molecular complexity index is 519. The molecule has 0 aliphatic carbocycles. The van der Waals surface area contributed by atoms with Crippen LogP contribution in [0.2, 0.25) is 0 Å². The number of hydrogen-bond acceptors (Lipinski definition) is 3. The summed E-state index contributed by atoms with van der Waals surface area (Å²) < 4.78 is 27.0. The van der Waals surface area contributed by atoms with Crippen LogP contribution in [0, 0.1) is 5.41 Å². The van der Waals surface area contributed by atoms with Gasteiger partial charge >= 0.3 is 0 Å². The van der Waals surface area contributed by atoms with Gasteiger partial charge < -0.3 is 5.32 Å². The minimum atomic E-state index is -3.29. The van der Waals surface area contributed by atoms with Crippen LogP contribution in [0.5, 0.6) is 0 Å². The number of anilines is 1. The van der Waals surface area contributed by atoms with Crippen molar-refractivity contribution in [2.24, 2.45) is 5.41 Å². The Morgan fingerprint density at radius 3 is 2.40 bits per heavy atom. The second-order valence-electron chi connectivity index (χ2n) is 6.17. The zero-order valence-corrected chi connectivity index (χ0v) is 13.7. The number of benzene rings is 1. The van der Waals surface area contributed by atoms with E-state index >= 15 is 0 Å². The summed E-state index contributed by atoms with van der Waals surface area (Å²) in [6.45, 7) is 9.67. The minimum absolute atomic E-state index is 0.0119. The lowest BCUT2D eigenvalue weighted by Gasteiger charge is -2.19. The SMILES string of the molecule is CCNCc1ccccc1NS(=O)(=O)CCC(C)(C)C. The maximum Gasteiger partial charge on any atom is 0.232 e. The van der Waals surface area contributed by atoms with Crippen LogP contribution < -0.4 is 10.0 Å². The summed E-state index contributed by atoms with van der Waals surface area (Å²) in [7, 11) is -3.29. The van der Waals surface area contributed by atoms with E-state index in [1.54, 1.807) is 6.07 Å². The van der Waals surface area contributed by atoms with Crippen LogP contribution in [0.25, 0.3) is 0 Å². The van der Waals surface area contributed by atoms with E-state index in [0.717, 1.165) is 12.1 Å². The van der Waals surface area contributed by atoms with Crippen molar-refractivity contribution < 1.29 is 8.42 Å². The highest BCUT2D eigenvalue weighted by Gasteiger charge is 2.18. The quantitative estimate of drug-likeness (QED) is 0.813. The van der Waals surface area contributed by atoms with Crippen molar-refractivity contribution in [1.82, 2.24) is 5.32 Å². The average Bonchev–Trinajstić information content (AvgIpc) is 2.34. The van der Waals surface area contributed by atoms with Gasteiger partial charge in [0.05, 0.1) is 11.4 Å². The van der Waals surface area contributed by atoms with Crippen molar-refractivity contribution in [1.29, 1.82) is 0 Å². The van der Waals surface area contributed by atoms with Gasteiger partial charge in [-0.1, -0.05) is 45.9 Å². The van der Waals surface area contributed by atoms with Gasteiger partial charge in [-0.3, -0.25) is 4.72 Å². The molecule has 0 unspecified atom stereocenters. The van der Waals surface area contributed by atoms with Gasteiger partial charge in [-0.05, 0) is 30.0 Å². The van der Waals surface area contributed by atoms with Crippen molar-refractivity contribution in [2.45, 2.75) is 40.7 Å². The van der Waals surface area contributed by atoms with Crippen LogP contribution in [0.3, 0.4) is 0 Å². The molecule has 1 aromatic carbocycles. The highest BCUT2D eigenvalue weighted by atomic mass is 32.2. The molecule has 0 saturated heterocycles. The summed E-state index contributed by atoms with van der Waals surface area (Å²) in [4.78, 5) is 0. The Hall–Kier alpha value is -1.07. The molecular formula is C15H26N2O2S. The highest BCUT2D eigenvalue weighted by Crippen LogP contribution is 2.21. The predicted octanol–water partition coefficient (Wildman–Crippen LogP) is 2.97. The van der Waals surface area contributed by atoms with E-state index in [-0.39, 0.29) is 11.2 Å². The maximum absolute atomic E-state index is 12.1.